The zero-order valence-electron chi connectivity index (χ0n) is 22.0. The molecule has 0 unspecified atom stereocenters. The molecule has 2 aromatic carbocycles. The summed E-state index contributed by atoms with van der Waals surface area (Å²) in [6, 6.07) is 16.4. The number of ether oxygens (including phenoxy) is 3. The third kappa shape index (κ3) is 5.74. The predicted molar refractivity (Wildman–Crippen MR) is 145 cm³/mol. The fourth-order valence-corrected chi connectivity index (χ4v) is 5.52. The Kier molecular flexibility index (Phi) is 8.07. The summed E-state index contributed by atoms with van der Waals surface area (Å²) >= 11 is 1.70. The molecule has 0 radical (unpaired) electrons. The van der Waals surface area contributed by atoms with E-state index in [1.807, 2.05) is 56.0 Å². The van der Waals surface area contributed by atoms with Gasteiger partial charge in [-0.2, -0.15) is 0 Å². The largest absolute Gasteiger partial charge is 0.496 e. The van der Waals surface area contributed by atoms with Crippen molar-refractivity contribution in [2.75, 3.05) is 33.9 Å². The Bertz CT molecular complexity index is 1250. The number of thiophene rings is 1. The zero-order chi connectivity index (χ0) is 26.6. The molecular formula is C29H34N2O5S. The molecule has 7 nitrogen and oxygen atoms in total. The lowest BCUT2D eigenvalue weighted by molar-refractivity contribution is -0.136. The fraction of sp³-hybridized carbons (Fsp3) is 0.379. The Labute approximate surface area is 222 Å². The molecule has 0 N–H and O–H groups in total. The normalized spacial score (nSPS) is 15.1. The van der Waals surface area contributed by atoms with Gasteiger partial charge in [0.2, 0.25) is 5.91 Å². The van der Waals surface area contributed by atoms with Crippen LogP contribution in [-0.4, -0.2) is 61.1 Å². The van der Waals surface area contributed by atoms with Crippen molar-refractivity contribution in [1.82, 2.24) is 9.80 Å². The average Bonchev–Trinajstić information content (AvgIpc) is 3.38. The van der Waals surface area contributed by atoms with Crippen LogP contribution in [0.5, 0.6) is 17.2 Å². The number of carbonyl (C=O) groups is 2. The SMILES string of the molecule is COc1ccccc1OC[C@@H]1c2ccsc2CCN1C(=O)CN(C(=O)c1ccccc1OC)C(C)(C)C. The Morgan fingerprint density at radius 3 is 2.30 bits per heavy atom. The van der Waals surface area contributed by atoms with E-state index in [1.54, 1.807) is 41.5 Å². The first kappa shape index (κ1) is 26.5. The van der Waals surface area contributed by atoms with Gasteiger partial charge in [-0.1, -0.05) is 24.3 Å². The van der Waals surface area contributed by atoms with Crippen LogP contribution >= 0.6 is 11.3 Å². The molecule has 1 atom stereocenters. The molecule has 1 aromatic heterocycles. The van der Waals surface area contributed by atoms with Crippen molar-refractivity contribution in [3.8, 4) is 17.2 Å². The van der Waals surface area contributed by atoms with E-state index in [4.69, 9.17) is 14.2 Å². The highest BCUT2D eigenvalue weighted by Gasteiger charge is 2.36. The third-order valence-corrected chi connectivity index (χ3v) is 7.56. The van der Waals surface area contributed by atoms with Crippen molar-refractivity contribution in [2.45, 2.75) is 38.8 Å². The van der Waals surface area contributed by atoms with Gasteiger partial charge in [0.1, 0.15) is 18.9 Å². The zero-order valence-corrected chi connectivity index (χ0v) is 22.8. The molecule has 0 bridgehead atoms. The number of rotatable bonds is 8. The Hall–Kier alpha value is -3.52. The molecule has 2 amide bonds. The van der Waals surface area contributed by atoms with Crippen molar-refractivity contribution < 1.29 is 23.8 Å². The molecule has 37 heavy (non-hydrogen) atoms. The highest BCUT2D eigenvalue weighted by molar-refractivity contribution is 7.10. The first-order chi connectivity index (χ1) is 17.7. The molecule has 4 rings (SSSR count). The van der Waals surface area contributed by atoms with Gasteiger partial charge in [0.05, 0.1) is 25.8 Å². The lowest BCUT2D eigenvalue weighted by Gasteiger charge is -2.40. The van der Waals surface area contributed by atoms with Crippen LogP contribution < -0.4 is 14.2 Å². The second-order valence-electron chi connectivity index (χ2n) is 9.88. The second-order valence-corrected chi connectivity index (χ2v) is 10.9. The summed E-state index contributed by atoms with van der Waals surface area (Å²) < 4.78 is 17.0. The first-order valence-electron chi connectivity index (χ1n) is 12.3. The van der Waals surface area contributed by atoms with Crippen LogP contribution in [0.25, 0.3) is 0 Å². The van der Waals surface area contributed by atoms with E-state index in [0.29, 0.717) is 29.4 Å². The van der Waals surface area contributed by atoms with Crippen molar-refractivity contribution in [2.24, 2.45) is 0 Å². The second kappa shape index (κ2) is 11.3. The lowest BCUT2D eigenvalue weighted by atomic mass is 9.99. The number of carbonyl (C=O) groups excluding carboxylic acids is 2. The monoisotopic (exact) mass is 522 g/mol. The van der Waals surface area contributed by atoms with Gasteiger partial charge in [-0.15, -0.1) is 11.3 Å². The molecule has 0 saturated carbocycles. The van der Waals surface area contributed by atoms with Crippen LogP contribution in [0.4, 0.5) is 0 Å². The number of amides is 2. The van der Waals surface area contributed by atoms with Gasteiger partial charge in [0.15, 0.2) is 11.5 Å². The predicted octanol–water partition coefficient (Wildman–Crippen LogP) is 5.21. The number of hydrogen-bond acceptors (Lipinski definition) is 6. The number of methoxy groups -OCH3 is 2. The van der Waals surface area contributed by atoms with Crippen LogP contribution in [0.3, 0.4) is 0 Å². The lowest BCUT2D eigenvalue weighted by Crippen LogP contribution is -2.53. The number of benzene rings is 2. The van der Waals surface area contributed by atoms with Crippen molar-refractivity contribution in [3.63, 3.8) is 0 Å². The molecular weight excluding hydrogens is 488 g/mol. The maximum atomic E-state index is 13.8. The van der Waals surface area contributed by atoms with Crippen LogP contribution in [0.2, 0.25) is 0 Å². The van der Waals surface area contributed by atoms with E-state index in [0.717, 1.165) is 12.0 Å². The van der Waals surface area contributed by atoms with E-state index in [9.17, 15) is 9.59 Å². The van der Waals surface area contributed by atoms with Crippen molar-refractivity contribution in [1.29, 1.82) is 0 Å². The smallest absolute Gasteiger partial charge is 0.258 e. The van der Waals surface area contributed by atoms with E-state index in [2.05, 4.69) is 11.4 Å². The minimum Gasteiger partial charge on any atom is -0.496 e. The maximum Gasteiger partial charge on any atom is 0.258 e. The summed E-state index contributed by atoms with van der Waals surface area (Å²) in [6.45, 7) is 6.60. The maximum absolute atomic E-state index is 13.8. The standard InChI is InChI=1S/C29H34N2O5S/c1-29(2,3)31(28(33)21-10-6-7-11-23(21)34-4)18-27(32)30-16-14-26-20(15-17-37-26)22(30)19-36-25-13-9-8-12-24(25)35-5/h6-13,15,17,22H,14,16,18-19H2,1-5H3/t22-/m1/s1. The van der Waals surface area contributed by atoms with Crippen LogP contribution in [-0.2, 0) is 11.2 Å². The molecule has 2 heterocycles. The Morgan fingerprint density at radius 2 is 1.62 bits per heavy atom. The molecule has 0 spiro atoms. The quantitative estimate of drug-likeness (QED) is 0.406. The van der Waals surface area contributed by atoms with E-state index in [1.165, 1.54) is 12.0 Å². The van der Waals surface area contributed by atoms with E-state index < -0.39 is 5.54 Å². The topological polar surface area (TPSA) is 68.3 Å². The third-order valence-electron chi connectivity index (χ3n) is 6.57. The summed E-state index contributed by atoms with van der Waals surface area (Å²) in [7, 11) is 3.15. The highest BCUT2D eigenvalue weighted by atomic mass is 32.1. The summed E-state index contributed by atoms with van der Waals surface area (Å²) in [5, 5.41) is 2.06. The molecule has 1 aliphatic heterocycles. The van der Waals surface area contributed by atoms with E-state index in [-0.39, 0.29) is 31.0 Å². The summed E-state index contributed by atoms with van der Waals surface area (Å²) in [4.78, 5) is 32.2. The van der Waals surface area contributed by atoms with Crippen LogP contribution in [0.1, 0.15) is 47.6 Å². The minimum absolute atomic E-state index is 0.0506. The van der Waals surface area contributed by atoms with Gasteiger partial charge >= 0.3 is 0 Å². The molecule has 1 aliphatic rings. The number of hydrogen-bond donors (Lipinski definition) is 0. The number of nitrogens with zero attached hydrogens (tertiary/aromatic N) is 2. The van der Waals surface area contributed by atoms with Gasteiger partial charge in [-0.25, -0.2) is 0 Å². The summed E-state index contributed by atoms with van der Waals surface area (Å²) in [5.74, 6) is 1.39. The molecule has 196 valence electrons. The Morgan fingerprint density at radius 1 is 0.973 bits per heavy atom. The first-order valence-corrected chi connectivity index (χ1v) is 13.2. The fourth-order valence-electron chi connectivity index (χ4n) is 4.59. The number of para-hydroxylation sites is 3. The highest BCUT2D eigenvalue weighted by Crippen LogP contribution is 2.35. The molecule has 8 heteroatoms. The van der Waals surface area contributed by atoms with Gasteiger partial charge in [-0.3, -0.25) is 9.59 Å². The molecule has 0 saturated heterocycles. The Balaban J connectivity index is 1.59. The van der Waals surface area contributed by atoms with Crippen molar-refractivity contribution in [3.05, 3.63) is 76.0 Å². The summed E-state index contributed by atoms with van der Waals surface area (Å²) in [5.41, 5.74) is 0.945. The van der Waals surface area contributed by atoms with Crippen LogP contribution in [0.15, 0.2) is 60.0 Å². The minimum atomic E-state index is -0.583. The van der Waals surface area contributed by atoms with Crippen LogP contribution in [0, 0.1) is 0 Å². The van der Waals surface area contributed by atoms with Gasteiger partial charge in [-0.05, 0) is 68.5 Å². The molecule has 0 aliphatic carbocycles. The van der Waals surface area contributed by atoms with Crippen molar-refractivity contribution >= 4 is 23.2 Å². The van der Waals surface area contributed by atoms with Gasteiger partial charge < -0.3 is 24.0 Å². The molecule has 3 aromatic rings. The van der Waals surface area contributed by atoms with E-state index >= 15 is 0 Å². The molecule has 0 fully saturated rings. The van der Waals surface area contributed by atoms with Gasteiger partial charge in [0, 0.05) is 17.0 Å². The number of fused-ring (bicyclic) bond motifs is 1. The average molecular weight is 523 g/mol. The summed E-state index contributed by atoms with van der Waals surface area (Å²) in [6.07, 6.45) is 0.778. The van der Waals surface area contributed by atoms with Gasteiger partial charge in [0.25, 0.3) is 5.91 Å².